The Morgan fingerprint density at radius 3 is 2.55 bits per heavy atom. The van der Waals surface area contributed by atoms with Gasteiger partial charge in [-0.15, -0.1) is 0 Å². The lowest BCUT2D eigenvalue weighted by Crippen LogP contribution is -2.17. The number of hydrogen-bond acceptors (Lipinski definition) is 3. The van der Waals surface area contributed by atoms with Crippen LogP contribution in [0.2, 0.25) is 0 Å². The number of nitrogens with zero attached hydrogens (tertiary/aromatic N) is 2. The topological polar surface area (TPSA) is 39.1 Å². The number of rotatable bonds is 7. The van der Waals surface area contributed by atoms with Gasteiger partial charge in [-0.3, -0.25) is 4.68 Å². The predicted octanol–water partition coefficient (Wildman–Crippen LogP) is 3.00. The Labute approximate surface area is 120 Å². The summed E-state index contributed by atoms with van der Waals surface area (Å²) in [6.45, 7) is 5.80. The van der Waals surface area contributed by atoms with E-state index >= 15 is 0 Å². The number of hydrogen-bond donors (Lipinski definition) is 1. The van der Waals surface area contributed by atoms with Gasteiger partial charge in [0, 0.05) is 18.3 Å². The van der Waals surface area contributed by atoms with Crippen LogP contribution in [0.3, 0.4) is 0 Å². The van der Waals surface area contributed by atoms with Gasteiger partial charge >= 0.3 is 0 Å². The maximum atomic E-state index is 5.48. The van der Waals surface area contributed by atoms with E-state index in [-0.39, 0.29) is 6.04 Å². The predicted molar refractivity (Wildman–Crippen MR) is 81.0 cm³/mol. The summed E-state index contributed by atoms with van der Waals surface area (Å²) in [7, 11) is 1.97. The highest BCUT2D eigenvalue weighted by Gasteiger charge is 2.14. The van der Waals surface area contributed by atoms with Crippen molar-refractivity contribution in [1.82, 2.24) is 15.1 Å². The lowest BCUT2D eigenvalue weighted by Gasteiger charge is -2.15. The third kappa shape index (κ3) is 3.39. The van der Waals surface area contributed by atoms with E-state index in [1.807, 2.05) is 37.0 Å². The second-order valence-electron chi connectivity index (χ2n) is 4.76. The first-order chi connectivity index (χ1) is 9.78. The molecule has 4 nitrogen and oxygen atoms in total. The fraction of sp³-hybridized carbons (Fsp3) is 0.438. The largest absolute Gasteiger partial charge is 0.494 e. The van der Waals surface area contributed by atoms with Crippen molar-refractivity contribution in [2.24, 2.45) is 0 Å². The van der Waals surface area contributed by atoms with Gasteiger partial charge in [-0.1, -0.05) is 19.1 Å². The highest BCUT2D eigenvalue weighted by molar-refractivity contribution is 5.34. The normalized spacial score (nSPS) is 12.3. The summed E-state index contributed by atoms with van der Waals surface area (Å²) in [5, 5.41) is 7.75. The molecule has 0 spiro atoms. The van der Waals surface area contributed by atoms with Gasteiger partial charge in [-0.2, -0.15) is 5.10 Å². The van der Waals surface area contributed by atoms with Crippen LogP contribution in [-0.4, -0.2) is 23.4 Å². The van der Waals surface area contributed by atoms with Crippen molar-refractivity contribution in [3.05, 3.63) is 47.8 Å². The Morgan fingerprint density at radius 2 is 1.95 bits per heavy atom. The molecule has 0 amide bonds. The second kappa shape index (κ2) is 7.10. The Bertz CT molecular complexity index is 519. The molecule has 1 aromatic carbocycles. The summed E-state index contributed by atoms with van der Waals surface area (Å²) in [5.41, 5.74) is 2.40. The maximum absolute atomic E-state index is 5.48. The highest BCUT2D eigenvalue weighted by Crippen LogP contribution is 2.23. The number of nitrogens with one attached hydrogen (secondary N) is 1. The molecule has 108 valence electrons. The number of benzene rings is 1. The molecule has 20 heavy (non-hydrogen) atoms. The minimum Gasteiger partial charge on any atom is -0.494 e. The third-order valence-electron chi connectivity index (χ3n) is 3.25. The molecule has 0 aliphatic carbocycles. The summed E-state index contributed by atoms with van der Waals surface area (Å²) < 4.78 is 7.47. The van der Waals surface area contributed by atoms with Crippen LogP contribution < -0.4 is 10.1 Å². The minimum absolute atomic E-state index is 0.163. The van der Waals surface area contributed by atoms with E-state index < -0.39 is 0 Å². The van der Waals surface area contributed by atoms with Crippen LogP contribution in [0.4, 0.5) is 0 Å². The zero-order valence-corrected chi connectivity index (χ0v) is 12.5. The average Bonchev–Trinajstić information content (AvgIpc) is 2.91. The van der Waals surface area contributed by atoms with Gasteiger partial charge in [0.15, 0.2) is 0 Å². The van der Waals surface area contributed by atoms with E-state index in [0.29, 0.717) is 6.61 Å². The summed E-state index contributed by atoms with van der Waals surface area (Å²) in [5.74, 6) is 0.910. The van der Waals surface area contributed by atoms with Crippen LogP contribution in [-0.2, 0) is 6.54 Å². The molecule has 1 heterocycles. The molecule has 1 atom stereocenters. The average molecular weight is 273 g/mol. The van der Waals surface area contributed by atoms with Crippen LogP contribution in [0.25, 0.3) is 0 Å². The fourth-order valence-corrected chi connectivity index (χ4v) is 2.33. The smallest absolute Gasteiger partial charge is 0.119 e. The van der Waals surface area contributed by atoms with E-state index in [9.17, 15) is 0 Å². The molecule has 0 saturated carbocycles. The first-order valence-electron chi connectivity index (χ1n) is 7.20. The van der Waals surface area contributed by atoms with Gasteiger partial charge in [-0.05, 0) is 38.1 Å². The van der Waals surface area contributed by atoms with Crippen molar-refractivity contribution in [1.29, 1.82) is 0 Å². The maximum Gasteiger partial charge on any atom is 0.119 e. The molecule has 2 rings (SSSR count). The molecule has 1 aromatic heterocycles. The van der Waals surface area contributed by atoms with Gasteiger partial charge in [0.1, 0.15) is 5.75 Å². The highest BCUT2D eigenvalue weighted by atomic mass is 16.5. The van der Waals surface area contributed by atoms with E-state index in [0.717, 1.165) is 18.7 Å². The van der Waals surface area contributed by atoms with Crippen molar-refractivity contribution in [3.63, 3.8) is 0 Å². The first-order valence-corrected chi connectivity index (χ1v) is 7.20. The van der Waals surface area contributed by atoms with E-state index in [1.165, 1.54) is 11.1 Å². The Morgan fingerprint density at radius 1 is 1.20 bits per heavy atom. The molecule has 0 radical (unpaired) electrons. The fourth-order valence-electron chi connectivity index (χ4n) is 2.33. The first kappa shape index (κ1) is 14.6. The second-order valence-corrected chi connectivity index (χ2v) is 4.76. The van der Waals surface area contributed by atoms with Crippen molar-refractivity contribution in [2.45, 2.75) is 32.9 Å². The molecule has 0 bridgehead atoms. The lowest BCUT2D eigenvalue weighted by molar-refractivity contribution is 0.340. The van der Waals surface area contributed by atoms with E-state index in [4.69, 9.17) is 4.74 Å². The monoisotopic (exact) mass is 273 g/mol. The van der Waals surface area contributed by atoms with Gasteiger partial charge in [0.2, 0.25) is 0 Å². The van der Waals surface area contributed by atoms with Crippen LogP contribution in [0.5, 0.6) is 5.75 Å². The molecule has 0 aliphatic heterocycles. The molecule has 1 N–H and O–H groups in total. The van der Waals surface area contributed by atoms with E-state index in [2.05, 4.69) is 35.7 Å². The summed E-state index contributed by atoms with van der Waals surface area (Å²) in [4.78, 5) is 0. The van der Waals surface area contributed by atoms with E-state index in [1.54, 1.807) is 0 Å². The summed E-state index contributed by atoms with van der Waals surface area (Å²) in [6, 6.07) is 8.39. The standard InChI is InChI=1S/C16H23N3O/c1-4-10-19-12-14(11-18-19)16(17-3)13-6-8-15(9-7-13)20-5-2/h6-9,11-12,16-17H,4-5,10H2,1-3H3. The van der Waals surface area contributed by atoms with Crippen LogP contribution in [0.15, 0.2) is 36.7 Å². The molecule has 0 aliphatic rings. The molecule has 1 unspecified atom stereocenters. The van der Waals surface area contributed by atoms with Crippen molar-refractivity contribution in [2.75, 3.05) is 13.7 Å². The molecule has 2 aromatic rings. The van der Waals surface area contributed by atoms with Crippen LogP contribution in [0.1, 0.15) is 37.4 Å². The molecule has 0 fully saturated rings. The van der Waals surface area contributed by atoms with Crippen molar-refractivity contribution < 1.29 is 4.74 Å². The SMILES string of the molecule is CCCn1cc(C(NC)c2ccc(OCC)cc2)cn1. The van der Waals surface area contributed by atoms with Gasteiger partial charge < -0.3 is 10.1 Å². The quantitative estimate of drug-likeness (QED) is 0.843. The van der Waals surface area contributed by atoms with Crippen molar-refractivity contribution in [3.8, 4) is 5.75 Å². The zero-order chi connectivity index (χ0) is 14.4. The third-order valence-corrected chi connectivity index (χ3v) is 3.25. The lowest BCUT2D eigenvalue weighted by atomic mass is 10.0. The minimum atomic E-state index is 0.163. The van der Waals surface area contributed by atoms with Crippen molar-refractivity contribution >= 4 is 0 Å². The van der Waals surface area contributed by atoms with Crippen LogP contribution in [0, 0.1) is 0 Å². The Balaban J connectivity index is 2.17. The number of ether oxygens (including phenoxy) is 1. The molecular weight excluding hydrogens is 250 g/mol. The summed E-state index contributed by atoms with van der Waals surface area (Å²) in [6.07, 6.45) is 5.14. The van der Waals surface area contributed by atoms with Gasteiger partial charge in [-0.25, -0.2) is 0 Å². The number of aromatic nitrogens is 2. The summed E-state index contributed by atoms with van der Waals surface area (Å²) >= 11 is 0. The van der Waals surface area contributed by atoms with Gasteiger partial charge in [0.25, 0.3) is 0 Å². The zero-order valence-electron chi connectivity index (χ0n) is 12.5. The Kier molecular flexibility index (Phi) is 5.18. The molecule has 0 saturated heterocycles. The van der Waals surface area contributed by atoms with Crippen LogP contribution >= 0.6 is 0 Å². The molecule has 4 heteroatoms. The van der Waals surface area contributed by atoms with Gasteiger partial charge in [0.05, 0.1) is 18.8 Å². The number of aryl methyl sites for hydroxylation is 1. The molecular formula is C16H23N3O. The Hall–Kier alpha value is -1.81.